The molecule has 0 aromatic heterocycles. The lowest BCUT2D eigenvalue weighted by molar-refractivity contribution is 0.108. The lowest BCUT2D eigenvalue weighted by atomic mass is 10.2. The number of nitrogens with one attached hydrogen (secondary N) is 1. The lowest BCUT2D eigenvalue weighted by Crippen LogP contribution is -2.19. The summed E-state index contributed by atoms with van der Waals surface area (Å²) in [5, 5.41) is 3.46. The minimum atomic E-state index is 0.668. The highest BCUT2D eigenvalue weighted by atomic mass is 16.5. The highest BCUT2D eigenvalue weighted by Gasteiger charge is 2.19. The van der Waals surface area contributed by atoms with Gasteiger partial charge in [-0.2, -0.15) is 0 Å². The van der Waals surface area contributed by atoms with E-state index in [1.807, 2.05) is 0 Å². The summed E-state index contributed by atoms with van der Waals surface area (Å²) in [6.45, 7) is 7.31. The second-order valence-electron chi connectivity index (χ2n) is 4.05. The van der Waals surface area contributed by atoms with Crippen molar-refractivity contribution in [2.45, 2.75) is 39.2 Å². The molecule has 0 atom stereocenters. The summed E-state index contributed by atoms with van der Waals surface area (Å²) in [5.74, 6) is 0.668. The second kappa shape index (κ2) is 5.55. The molecule has 0 unspecified atom stereocenters. The molecule has 2 heteroatoms. The summed E-state index contributed by atoms with van der Waals surface area (Å²) in [4.78, 5) is 0. The topological polar surface area (TPSA) is 21.3 Å². The molecule has 12 heavy (non-hydrogen) atoms. The average molecular weight is 171 g/mol. The SMILES string of the molecule is CC(C)COCCCNC1CC1. The molecule has 0 bridgehead atoms. The van der Waals surface area contributed by atoms with E-state index in [9.17, 15) is 0 Å². The van der Waals surface area contributed by atoms with Gasteiger partial charge in [0.2, 0.25) is 0 Å². The fourth-order valence-electron chi connectivity index (χ4n) is 1.09. The monoisotopic (exact) mass is 171 g/mol. The van der Waals surface area contributed by atoms with Crippen LogP contribution in [0.5, 0.6) is 0 Å². The van der Waals surface area contributed by atoms with Crippen molar-refractivity contribution in [1.29, 1.82) is 0 Å². The fourth-order valence-corrected chi connectivity index (χ4v) is 1.09. The molecule has 72 valence electrons. The van der Waals surface area contributed by atoms with E-state index < -0.39 is 0 Å². The zero-order valence-corrected chi connectivity index (χ0v) is 8.31. The first kappa shape index (κ1) is 10.0. The highest BCUT2D eigenvalue weighted by Crippen LogP contribution is 2.18. The van der Waals surface area contributed by atoms with Gasteiger partial charge in [-0.1, -0.05) is 13.8 Å². The maximum absolute atomic E-state index is 5.46. The molecule has 1 aliphatic rings. The van der Waals surface area contributed by atoms with Gasteiger partial charge in [0.05, 0.1) is 0 Å². The van der Waals surface area contributed by atoms with Crippen LogP contribution in [0.4, 0.5) is 0 Å². The van der Waals surface area contributed by atoms with Crippen LogP contribution in [0.15, 0.2) is 0 Å². The van der Waals surface area contributed by atoms with Crippen LogP contribution >= 0.6 is 0 Å². The summed E-state index contributed by atoms with van der Waals surface area (Å²) in [7, 11) is 0. The van der Waals surface area contributed by atoms with Gasteiger partial charge in [0, 0.05) is 19.3 Å². The Morgan fingerprint density at radius 1 is 1.42 bits per heavy atom. The number of ether oxygens (including phenoxy) is 1. The molecule has 0 spiro atoms. The van der Waals surface area contributed by atoms with Crippen molar-refractivity contribution in [2.24, 2.45) is 5.92 Å². The van der Waals surface area contributed by atoms with Crippen molar-refractivity contribution in [2.75, 3.05) is 19.8 Å². The Balaban J connectivity index is 1.70. The van der Waals surface area contributed by atoms with Gasteiger partial charge in [-0.15, -0.1) is 0 Å². The van der Waals surface area contributed by atoms with Crippen LogP contribution < -0.4 is 5.32 Å². The van der Waals surface area contributed by atoms with Crippen LogP contribution in [0.2, 0.25) is 0 Å². The zero-order chi connectivity index (χ0) is 8.81. The van der Waals surface area contributed by atoms with E-state index in [0.717, 1.165) is 32.2 Å². The van der Waals surface area contributed by atoms with E-state index in [4.69, 9.17) is 4.74 Å². The van der Waals surface area contributed by atoms with Crippen molar-refractivity contribution >= 4 is 0 Å². The van der Waals surface area contributed by atoms with Gasteiger partial charge < -0.3 is 10.1 Å². The molecule has 1 rings (SSSR count). The number of rotatable bonds is 7. The third kappa shape index (κ3) is 5.56. The largest absolute Gasteiger partial charge is 0.381 e. The first-order valence-corrected chi connectivity index (χ1v) is 5.10. The molecule has 0 aliphatic heterocycles. The van der Waals surface area contributed by atoms with Crippen molar-refractivity contribution in [3.63, 3.8) is 0 Å². The zero-order valence-electron chi connectivity index (χ0n) is 8.31. The van der Waals surface area contributed by atoms with E-state index in [1.165, 1.54) is 12.8 Å². The molecule has 0 aromatic rings. The Labute approximate surface area is 75.7 Å². The van der Waals surface area contributed by atoms with Crippen molar-refractivity contribution < 1.29 is 4.74 Å². The Morgan fingerprint density at radius 2 is 2.17 bits per heavy atom. The third-order valence-corrected chi connectivity index (χ3v) is 1.93. The molecule has 2 nitrogen and oxygen atoms in total. The standard InChI is InChI=1S/C10H21NO/c1-9(2)8-12-7-3-6-11-10-4-5-10/h9-11H,3-8H2,1-2H3. The first-order chi connectivity index (χ1) is 5.79. The van der Waals surface area contributed by atoms with Gasteiger partial charge in [-0.05, 0) is 31.7 Å². The number of hydrogen-bond acceptors (Lipinski definition) is 2. The Kier molecular flexibility index (Phi) is 4.62. The molecule has 1 aliphatic carbocycles. The third-order valence-electron chi connectivity index (χ3n) is 1.93. The van der Waals surface area contributed by atoms with Crippen LogP contribution in [-0.4, -0.2) is 25.8 Å². The van der Waals surface area contributed by atoms with Crippen LogP contribution in [0.1, 0.15) is 33.1 Å². The summed E-state index contributed by atoms with van der Waals surface area (Å²) in [5.41, 5.74) is 0. The fraction of sp³-hybridized carbons (Fsp3) is 1.00. The van der Waals surface area contributed by atoms with Crippen molar-refractivity contribution in [3.8, 4) is 0 Å². The van der Waals surface area contributed by atoms with Crippen molar-refractivity contribution in [3.05, 3.63) is 0 Å². The predicted octanol–water partition coefficient (Wildman–Crippen LogP) is 1.80. The minimum absolute atomic E-state index is 0.668. The minimum Gasteiger partial charge on any atom is -0.381 e. The summed E-state index contributed by atoms with van der Waals surface area (Å²) < 4.78 is 5.46. The lowest BCUT2D eigenvalue weighted by Gasteiger charge is -2.06. The van der Waals surface area contributed by atoms with Crippen LogP contribution in [0, 0.1) is 5.92 Å². The summed E-state index contributed by atoms with van der Waals surface area (Å²) in [6, 6.07) is 0.843. The molecule has 0 heterocycles. The predicted molar refractivity (Wildman–Crippen MR) is 51.3 cm³/mol. The van der Waals surface area contributed by atoms with Gasteiger partial charge in [-0.3, -0.25) is 0 Å². The van der Waals surface area contributed by atoms with Gasteiger partial charge in [0.15, 0.2) is 0 Å². The van der Waals surface area contributed by atoms with Gasteiger partial charge in [0.25, 0.3) is 0 Å². The van der Waals surface area contributed by atoms with E-state index >= 15 is 0 Å². The molecule has 1 fully saturated rings. The maximum Gasteiger partial charge on any atom is 0.0489 e. The number of hydrogen-bond donors (Lipinski definition) is 1. The average Bonchev–Trinajstić information content (AvgIpc) is 2.79. The Morgan fingerprint density at radius 3 is 2.75 bits per heavy atom. The smallest absolute Gasteiger partial charge is 0.0489 e. The van der Waals surface area contributed by atoms with Gasteiger partial charge >= 0.3 is 0 Å². The molecule has 0 amide bonds. The van der Waals surface area contributed by atoms with Gasteiger partial charge in [0.1, 0.15) is 0 Å². The molecule has 0 radical (unpaired) electrons. The Bertz CT molecular complexity index is 104. The molecule has 1 N–H and O–H groups in total. The van der Waals surface area contributed by atoms with E-state index in [2.05, 4.69) is 19.2 Å². The van der Waals surface area contributed by atoms with Crippen LogP contribution in [-0.2, 0) is 4.74 Å². The highest BCUT2D eigenvalue weighted by molar-refractivity contribution is 4.80. The molecule has 1 saturated carbocycles. The Hall–Kier alpha value is -0.0800. The molecule has 0 saturated heterocycles. The maximum atomic E-state index is 5.46. The summed E-state index contributed by atoms with van der Waals surface area (Å²) >= 11 is 0. The van der Waals surface area contributed by atoms with Crippen LogP contribution in [0.25, 0.3) is 0 Å². The van der Waals surface area contributed by atoms with Crippen molar-refractivity contribution in [1.82, 2.24) is 5.32 Å². The molecular formula is C10H21NO. The van der Waals surface area contributed by atoms with E-state index in [1.54, 1.807) is 0 Å². The first-order valence-electron chi connectivity index (χ1n) is 5.10. The molecular weight excluding hydrogens is 150 g/mol. The van der Waals surface area contributed by atoms with E-state index in [0.29, 0.717) is 5.92 Å². The second-order valence-corrected chi connectivity index (χ2v) is 4.05. The van der Waals surface area contributed by atoms with E-state index in [-0.39, 0.29) is 0 Å². The quantitative estimate of drug-likeness (QED) is 0.590. The van der Waals surface area contributed by atoms with Crippen LogP contribution in [0.3, 0.4) is 0 Å². The van der Waals surface area contributed by atoms with Gasteiger partial charge in [-0.25, -0.2) is 0 Å². The normalized spacial score (nSPS) is 17.2. The summed E-state index contributed by atoms with van der Waals surface area (Å²) in [6.07, 6.45) is 3.92. The molecule has 0 aromatic carbocycles.